The number of hydrogen-bond donors (Lipinski definition) is 2. The monoisotopic (exact) mass is 289 g/mol. The summed E-state index contributed by atoms with van der Waals surface area (Å²) in [7, 11) is 2.00. The number of hydrogen-bond acceptors (Lipinski definition) is 4. The molecule has 1 saturated heterocycles. The normalized spacial score (nSPS) is 20.9. The van der Waals surface area contributed by atoms with Crippen molar-refractivity contribution in [2.75, 3.05) is 44.3 Å². The number of benzene rings is 1. The molecule has 2 rings (SSSR count). The van der Waals surface area contributed by atoms with Gasteiger partial charge in [-0.1, -0.05) is 0 Å². The van der Waals surface area contributed by atoms with E-state index in [0.717, 1.165) is 25.2 Å². The lowest BCUT2D eigenvalue weighted by molar-refractivity contribution is -0.137. The average molecular weight is 289 g/mol. The van der Waals surface area contributed by atoms with Crippen LogP contribution in [0.3, 0.4) is 0 Å². The van der Waals surface area contributed by atoms with Crippen LogP contribution in [0.1, 0.15) is 5.56 Å². The number of morpholine rings is 1. The van der Waals surface area contributed by atoms with Gasteiger partial charge in [-0.05, 0) is 25.2 Å². The van der Waals surface area contributed by atoms with Crippen molar-refractivity contribution in [3.63, 3.8) is 0 Å². The fourth-order valence-corrected chi connectivity index (χ4v) is 2.11. The van der Waals surface area contributed by atoms with Gasteiger partial charge >= 0.3 is 6.18 Å². The summed E-state index contributed by atoms with van der Waals surface area (Å²) in [5, 5.41) is 3.04. The van der Waals surface area contributed by atoms with Crippen molar-refractivity contribution < 1.29 is 17.9 Å². The SMILES string of the molecule is CN1CCOC(CNc2ccc(C(F)(F)F)cc2N)C1. The zero-order valence-corrected chi connectivity index (χ0v) is 11.2. The zero-order chi connectivity index (χ0) is 14.8. The van der Waals surface area contributed by atoms with Crippen molar-refractivity contribution in [2.24, 2.45) is 0 Å². The second kappa shape index (κ2) is 5.88. The van der Waals surface area contributed by atoms with Gasteiger partial charge < -0.3 is 20.7 Å². The third kappa shape index (κ3) is 3.77. The fraction of sp³-hybridized carbons (Fsp3) is 0.538. The van der Waals surface area contributed by atoms with Crippen molar-refractivity contribution in [1.29, 1.82) is 0 Å². The van der Waals surface area contributed by atoms with Gasteiger partial charge in [0.1, 0.15) is 0 Å². The molecule has 0 aromatic heterocycles. The molecular formula is C13H18F3N3O. The van der Waals surface area contributed by atoms with Crippen molar-refractivity contribution >= 4 is 11.4 Å². The van der Waals surface area contributed by atoms with Crippen molar-refractivity contribution in [3.05, 3.63) is 23.8 Å². The number of nitrogens with zero attached hydrogens (tertiary/aromatic N) is 1. The standard InChI is InChI=1S/C13H18F3N3O/c1-19-4-5-20-10(8-19)7-18-12-3-2-9(6-11(12)17)13(14,15)16/h2-3,6,10,18H,4-5,7-8,17H2,1H3. The molecule has 1 atom stereocenters. The maximum atomic E-state index is 12.5. The van der Waals surface area contributed by atoms with Crippen LogP contribution in [-0.4, -0.2) is 44.3 Å². The first-order valence-electron chi connectivity index (χ1n) is 6.37. The molecule has 3 N–H and O–H groups in total. The van der Waals surface area contributed by atoms with Crippen molar-refractivity contribution in [2.45, 2.75) is 12.3 Å². The van der Waals surface area contributed by atoms with Crippen molar-refractivity contribution in [3.8, 4) is 0 Å². The van der Waals surface area contributed by atoms with Gasteiger partial charge in [-0.15, -0.1) is 0 Å². The Kier molecular flexibility index (Phi) is 4.39. The van der Waals surface area contributed by atoms with E-state index in [4.69, 9.17) is 10.5 Å². The Bertz CT molecular complexity index is 465. The Morgan fingerprint density at radius 1 is 1.45 bits per heavy atom. The number of ether oxygens (including phenoxy) is 1. The zero-order valence-electron chi connectivity index (χ0n) is 11.2. The van der Waals surface area contributed by atoms with E-state index in [1.807, 2.05) is 7.05 Å². The third-order valence-corrected chi connectivity index (χ3v) is 3.24. The number of nitrogens with one attached hydrogen (secondary N) is 1. The van der Waals surface area contributed by atoms with Crippen LogP contribution in [-0.2, 0) is 10.9 Å². The first-order chi connectivity index (χ1) is 9.36. The lowest BCUT2D eigenvalue weighted by Gasteiger charge is -2.30. The molecule has 1 unspecified atom stereocenters. The second-order valence-electron chi connectivity index (χ2n) is 4.94. The predicted octanol–water partition coefficient (Wildman–Crippen LogP) is 2.03. The number of likely N-dealkylation sites (N-methyl/N-ethyl adjacent to an activating group) is 1. The predicted molar refractivity (Wildman–Crippen MR) is 71.6 cm³/mol. The maximum Gasteiger partial charge on any atom is 0.416 e. The summed E-state index contributed by atoms with van der Waals surface area (Å²) in [6.07, 6.45) is -4.36. The van der Waals surface area contributed by atoms with Crippen LogP contribution in [0.4, 0.5) is 24.5 Å². The van der Waals surface area contributed by atoms with Gasteiger partial charge in [0.15, 0.2) is 0 Å². The van der Waals surface area contributed by atoms with Crippen molar-refractivity contribution in [1.82, 2.24) is 4.90 Å². The Morgan fingerprint density at radius 3 is 2.80 bits per heavy atom. The Morgan fingerprint density at radius 2 is 2.20 bits per heavy atom. The molecule has 1 aliphatic rings. The van der Waals surface area contributed by atoms with E-state index in [1.54, 1.807) is 0 Å². The topological polar surface area (TPSA) is 50.5 Å². The number of halogens is 3. The van der Waals surface area contributed by atoms with Gasteiger partial charge in [-0.25, -0.2) is 0 Å². The summed E-state index contributed by atoms with van der Waals surface area (Å²) in [5.74, 6) is 0. The average Bonchev–Trinajstić information content (AvgIpc) is 2.36. The molecule has 0 amide bonds. The van der Waals surface area contributed by atoms with E-state index in [1.165, 1.54) is 6.07 Å². The molecule has 0 saturated carbocycles. The smallest absolute Gasteiger partial charge is 0.397 e. The van der Waals surface area contributed by atoms with Crippen LogP contribution >= 0.6 is 0 Å². The number of nitrogens with two attached hydrogens (primary N) is 1. The molecule has 1 aromatic carbocycles. The van der Waals surface area contributed by atoms with E-state index in [9.17, 15) is 13.2 Å². The largest absolute Gasteiger partial charge is 0.416 e. The number of nitrogen functional groups attached to an aromatic ring is 1. The molecule has 4 nitrogen and oxygen atoms in total. The lowest BCUT2D eigenvalue weighted by Crippen LogP contribution is -2.43. The summed E-state index contributed by atoms with van der Waals surface area (Å²) in [5.41, 5.74) is 5.49. The number of anilines is 2. The van der Waals surface area contributed by atoms with Crippen LogP contribution in [0.25, 0.3) is 0 Å². The van der Waals surface area contributed by atoms with E-state index in [2.05, 4.69) is 10.2 Å². The second-order valence-corrected chi connectivity index (χ2v) is 4.94. The molecule has 1 heterocycles. The Hall–Kier alpha value is -1.47. The van der Waals surface area contributed by atoms with Gasteiger partial charge in [-0.3, -0.25) is 0 Å². The molecule has 0 bridgehead atoms. The minimum absolute atomic E-state index is 0.00967. The van der Waals surface area contributed by atoms with Gasteiger partial charge in [0.05, 0.1) is 29.6 Å². The van der Waals surface area contributed by atoms with E-state index in [0.29, 0.717) is 18.8 Å². The molecule has 0 aliphatic carbocycles. The maximum absolute atomic E-state index is 12.5. The van der Waals surface area contributed by atoms with Crippen LogP contribution < -0.4 is 11.1 Å². The highest BCUT2D eigenvalue weighted by molar-refractivity contribution is 5.67. The number of rotatable bonds is 3. The summed E-state index contributed by atoms with van der Waals surface area (Å²) < 4.78 is 43.1. The van der Waals surface area contributed by atoms with E-state index in [-0.39, 0.29) is 11.8 Å². The summed E-state index contributed by atoms with van der Waals surface area (Å²) in [6.45, 7) is 2.84. The van der Waals surface area contributed by atoms with Gasteiger partial charge in [0.25, 0.3) is 0 Å². The third-order valence-electron chi connectivity index (χ3n) is 3.24. The molecule has 7 heteroatoms. The van der Waals surface area contributed by atoms with Crippen LogP contribution in [0, 0.1) is 0 Å². The highest BCUT2D eigenvalue weighted by Crippen LogP contribution is 2.32. The van der Waals surface area contributed by atoms with Gasteiger partial charge in [-0.2, -0.15) is 13.2 Å². The first-order valence-corrected chi connectivity index (χ1v) is 6.37. The minimum Gasteiger partial charge on any atom is -0.397 e. The van der Waals surface area contributed by atoms with Crippen LogP contribution in [0.5, 0.6) is 0 Å². The van der Waals surface area contributed by atoms with Gasteiger partial charge in [0, 0.05) is 19.6 Å². The highest BCUT2D eigenvalue weighted by Gasteiger charge is 2.30. The molecule has 0 spiro atoms. The summed E-state index contributed by atoms with van der Waals surface area (Å²) in [4.78, 5) is 2.14. The minimum atomic E-state index is -4.37. The summed E-state index contributed by atoms with van der Waals surface area (Å²) in [6, 6.07) is 3.31. The molecule has 0 radical (unpaired) electrons. The molecule has 112 valence electrons. The van der Waals surface area contributed by atoms with E-state index >= 15 is 0 Å². The molecule has 1 fully saturated rings. The summed E-state index contributed by atoms with van der Waals surface area (Å²) >= 11 is 0. The highest BCUT2D eigenvalue weighted by atomic mass is 19.4. The lowest BCUT2D eigenvalue weighted by atomic mass is 10.1. The first kappa shape index (κ1) is 14.9. The quantitative estimate of drug-likeness (QED) is 0.836. The Balaban J connectivity index is 1.96. The van der Waals surface area contributed by atoms with Crippen LogP contribution in [0.2, 0.25) is 0 Å². The molecule has 1 aliphatic heterocycles. The van der Waals surface area contributed by atoms with Gasteiger partial charge in [0.2, 0.25) is 0 Å². The fourth-order valence-electron chi connectivity index (χ4n) is 2.11. The molecule has 20 heavy (non-hydrogen) atoms. The molecular weight excluding hydrogens is 271 g/mol. The Labute approximate surface area is 115 Å². The number of alkyl halides is 3. The molecule has 1 aromatic rings. The van der Waals surface area contributed by atoms with Crippen LogP contribution in [0.15, 0.2) is 18.2 Å². The van der Waals surface area contributed by atoms with E-state index < -0.39 is 11.7 Å².